The van der Waals surface area contributed by atoms with Crippen molar-refractivity contribution >= 4 is 38.5 Å². The fourth-order valence-corrected chi connectivity index (χ4v) is 3.71. The van der Waals surface area contributed by atoms with Crippen LogP contribution in [0.5, 0.6) is 5.75 Å². The molecule has 0 saturated carbocycles. The van der Waals surface area contributed by atoms with Gasteiger partial charge in [0.2, 0.25) is 5.91 Å². The van der Waals surface area contributed by atoms with Gasteiger partial charge in [-0.25, -0.2) is 4.98 Å². The summed E-state index contributed by atoms with van der Waals surface area (Å²) in [5.41, 5.74) is 2.31. The first-order chi connectivity index (χ1) is 13.4. The molecule has 1 heterocycles. The van der Waals surface area contributed by atoms with Crippen LogP contribution >= 0.6 is 11.3 Å². The first kappa shape index (κ1) is 19.8. The predicted octanol–water partition coefficient (Wildman–Crippen LogP) is 4.01. The van der Waals surface area contributed by atoms with Crippen molar-refractivity contribution in [1.29, 1.82) is 0 Å². The molecule has 0 fully saturated rings. The molecule has 0 saturated heterocycles. The SMILES string of the molecule is COc1ccc2nc(NC(=O)[C@H](NC(=O)c3cccc(C)c3)C(C)C)sc2c1. The summed E-state index contributed by atoms with van der Waals surface area (Å²) in [5, 5.41) is 6.16. The molecule has 2 aromatic carbocycles. The molecule has 2 N–H and O–H groups in total. The normalized spacial score (nSPS) is 12.0. The fourth-order valence-electron chi connectivity index (χ4n) is 2.81. The molecule has 1 atom stereocenters. The van der Waals surface area contributed by atoms with E-state index in [0.29, 0.717) is 10.7 Å². The molecule has 3 rings (SSSR count). The second-order valence-electron chi connectivity index (χ2n) is 6.91. The molecule has 0 bridgehead atoms. The number of carbonyl (C=O) groups excluding carboxylic acids is 2. The van der Waals surface area contributed by atoms with Crippen LogP contribution in [0, 0.1) is 12.8 Å². The van der Waals surface area contributed by atoms with Crippen LogP contribution in [0.25, 0.3) is 10.2 Å². The third-order valence-corrected chi connectivity index (χ3v) is 5.28. The number of thiazole rings is 1. The number of hydrogen-bond donors (Lipinski definition) is 2. The van der Waals surface area contributed by atoms with E-state index in [1.54, 1.807) is 19.2 Å². The molecule has 0 radical (unpaired) electrons. The summed E-state index contributed by atoms with van der Waals surface area (Å²) in [6.45, 7) is 5.71. The van der Waals surface area contributed by atoms with E-state index in [1.807, 2.05) is 51.1 Å². The minimum absolute atomic E-state index is 0.0803. The monoisotopic (exact) mass is 397 g/mol. The van der Waals surface area contributed by atoms with E-state index in [2.05, 4.69) is 15.6 Å². The molecular formula is C21H23N3O3S. The molecule has 0 unspecified atom stereocenters. The van der Waals surface area contributed by atoms with Gasteiger partial charge >= 0.3 is 0 Å². The van der Waals surface area contributed by atoms with Crippen LogP contribution in [0.2, 0.25) is 0 Å². The summed E-state index contributed by atoms with van der Waals surface area (Å²) in [6.07, 6.45) is 0. The number of aromatic nitrogens is 1. The lowest BCUT2D eigenvalue weighted by Crippen LogP contribution is -2.47. The lowest BCUT2D eigenvalue weighted by atomic mass is 10.0. The van der Waals surface area contributed by atoms with Crippen molar-refractivity contribution in [3.63, 3.8) is 0 Å². The quantitative estimate of drug-likeness (QED) is 0.659. The Bertz CT molecular complexity index is 1010. The van der Waals surface area contributed by atoms with Crippen LogP contribution in [0.1, 0.15) is 29.8 Å². The van der Waals surface area contributed by atoms with Crippen LogP contribution in [0.3, 0.4) is 0 Å². The molecule has 0 aliphatic rings. The number of nitrogens with zero attached hydrogens (tertiary/aromatic N) is 1. The molecule has 146 valence electrons. The molecule has 28 heavy (non-hydrogen) atoms. The van der Waals surface area contributed by atoms with E-state index in [9.17, 15) is 9.59 Å². The number of methoxy groups -OCH3 is 1. The number of carbonyl (C=O) groups is 2. The van der Waals surface area contributed by atoms with Gasteiger partial charge in [-0.1, -0.05) is 42.9 Å². The Labute approximate surface area is 167 Å². The highest BCUT2D eigenvalue weighted by atomic mass is 32.1. The molecule has 0 aliphatic heterocycles. The number of nitrogens with one attached hydrogen (secondary N) is 2. The maximum absolute atomic E-state index is 12.8. The Morgan fingerprint density at radius 1 is 1.14 bits per heavy atom. The Morgan fingerprint density at radius 2 is 1.93 bits per heavy atom. The lowest BCUT2D eigenvalue weighted by Gasteiger charge is -2.21. The molecule has 3 aromatic rings. The minimum atomic E-state index is -0.672. The topological polar surface area (TPSA) is 80.3 Å². The fraction of sp³-hybridized carbons (Fsp3) is 0.286. The van der Waals surface area contributed by atoms with Gasteiger partial charge in [0.05, 0.1) is 17.3 Å². The highest BCUT2D eigenvalue weighted by Crippen LogP contribution is 2.29. The van der Waals surface area contributed by atoms with Gasteiger partial charge in [-0.2, -0.15) is 0 Å². The smallest absolute Gasteiger partial charge is 0.251 e. The van der Waals surface area contributed by atoms with Crippen LogP contribution in [-0.2, 0) is 4.79 Å². The zero-order chi connectivity index (χ0) is 20.3. The number of ether oxygens (including phenoxy) is 1. The molecule has 7 heteroatoms. The van der Waals surface area contributed by atoms with Gasteiger partial charge in [0.1, 0.15) is 11.8 Å². The largest absolute Gasteiger partial charge is 0.497 e. The van der Waals surface area contributed by atoms with Crippen LogP contribution < -0.4 is 15.4 Å². The maximum Gasteiger partial charge on any atom is 0.251 e. The minimum Gasteiger partial charge on any atom is -0.497 e. The first-order valence-electron chi connectivity index (χ1n) is 9.00. The third kappa shape index (κ3) is 4.48. The number of anilines is 1. The van der Waals surface area contributed by atoms with Gasteiger partial charge < -0.3 is 15.4 Å². The van der Waals surface area contributed by atoms with Crippen LogP contribution in [0.15, 0.2) is 42.5 Å². The van der Waals surface area contributed by atoms with Gasteiger partial charge in [0.25, 0.3) is 5.91 Å². The first-order valence-corrected chi connectivity index (χ1v) is 9.82. The molecule has 0 aliphatic carbocycles. The summed E-state index contributed by atoms with van der Waals surface area (Å²) in [5.74, 6) is 0.0938. The number of amides is 2. The molecule has 0 spiro atoms. The Hall–Kier alpha value is -2.93. The summed E-state index contributed by atoms with van der Waals surface area (Å²) >= 11 is 1.37. The van der Waals surface area contributed by atoms with Gasteiger partial charge in [0, 0.05) is 5.56 Å². The van der Waals surface area contributed by atoms with E-state index in [1.165, 1.54) is 11.3 Å². The van der Waals surface area contributed by atoms with Crippen molar-refractivity contribution in [2.24, 2.45) is 5.92 Å². The molecule has 1 aromatic heterocycles. The van der Waals surface area contributed by atoms with Crippen LogP contribution in [0.4, 0.5) is 5.13 Å². The van der Waals surface area contributed by atoms with Crippen molar-refractivity contribution < 1.29 is 14.3 Å². The van der Waals surface area contributed by atoms with E-state index in [-0.39, 0.29) is 17.7 Å². The average Bonchev–Trinajstić information content (AvgIpc) is 3.06. The Balaban J connectivity index is 1.75. The summed E-state index contributed by atoms with van der Waals surface area (Å²) in [6, 6.07) is 12.2. The molecule has 2 amide bonds. The molecular weight excluding hydrogens is 374 g/mol. The van der Waals surface area contributed by atoms with Crippen molar-refractivity contribution in [2.45, 2.75) is 26.8 Å². The number of rotatable bonds is 6. The third-order valence-electron chi connectivity index (χ3n) is 4.34. The average molecular weight is 398 g/mol. The Morgan fingerprint density at radius 3 is 2.61 bits per heavy atom. The van der Waals surface area contributed by atoms with E-state index in [4.69, 9.17) is 4.74 Å². The second kappa shape index (κ2) is 8.39. The maximum atomic E-state index is 12.8. The zero-order valence-corrected chi connectivity index (χ0v) is 17.1. The standard InChI is InChI=1S/C21H23N3O3S/c1-12(2)18(23-19(25)14-7-5-6-13(3)10-14)20(26)24-21-22-16-9-8-15(27-4)11-17(16)28-21/h5-12,18H,1-4H3,(H,23,25)(H,22,24,26)/t18-/m1/s1. The van der Waals surface area contributed by atoms with Crippen molar-refractivity contribution in [3.05, 3.63) is 53.6 Å². The lowest BCUT2D eigenvalue weighted by molar-refractivity contribution is -0.118. The van der Waals surface area contributed by atoms with Gasteiger partial charge in [-0.15, -0.1) is 0 Å². The van der Waals surface area contributed by atoms with E-state index < -0.39 is 6.04 Å². The number of benzene rings is 2. The Kier molecular flexibility index (Phi) is 5.94. The highest BCUT2D eigenvalue weighted by molar-refractivity contribution is 7.22. The number of fused-ring (bicyclic) bond motifs is 1. The van der Waals surface area contributed by atoms with Gasteiger partial charge in [-0.3, -0.25) is 9.59 Å². The van der Waals surface area contributed by atoms with Gasteiger partial charge in [0.15, 0.2) is 5.13 Å². The van der Waals surface area contributed by atoms with Gasteiger partial charge in [-0.05, 0) is 43.2 Å². The number of aryl methyl sites for hydroxylation is 1. The summed E-state index contributed by atoms with van der Waals surface area (Å²) < 4.78 is 6.14. The molecule has 6 nitrogen and oxygen atoms in total. The van der Waals surface area contributed by atoms with E-state index >= 15 is 0 Å². The second-order valence-corrected chi connectivity index (χ2v) is 7.94. The van der Waals surface area contributed by atoms with Crippen molar-refractivity contribution in [1.82, 2.24) is 10.3 Å². The zero-order valence-electron chi connectivity index (χ0n) is 16.3. The number of hydrogen-bond acceptors (Lipinski definition) is 5. The summed E-state index contributed by atoms with van der Waals surface area (Å²) in [4.78, 5) is 29.8. The highest BCUT2D eigenvalue weighted by Gasteiger charge is 2.25. The van der Waals surface area contributed by atoms with Crippen molar-refractivity contribution in [2.75, 3.05) is 12.4 Å². The van der Waals surface area contributed by atoms with Crippen LogP contribution in [-0.4, -0.2) is 29.9 Å². The van der Waals surface area contributed by atoms with E-state index in [0.717, 1.165) is 21.5 Å². The summed E-state index contributed by atoms with van der Waals surface area (Å²) in [7, 11) is 1.61. The van der Waals surface area contributed by atoms with Crippen molar-refractivity contribution in [3.8, 4) is 5.75 Å². The predicted molar refractivity (Wildman–Crippen MR) is 112 cm³/mol.